The number of unbranched alkanes of at least 4 members (excludes halogenated alkanes) is 3. The second-order valence-electron chi connectivity index (χ2n) is 7.65. The molecule has 2 rings (SSSR count). The van der Waals surface area contributed by atoms with Crippen LogP contribution in [0.2, 0.25) is 0 Å². The van der Waals surface area contributed by atoms with Gasteiger partial charge >= 0.3 is 0 Å². The molecule has 3 nitrogen and oxygen atoms in total. The van der Waals surface area contributed by atoms with E-state index in [4.69, 9.17) is 0 Å². The summed E-state index contributed by atoms with van der Waals surface area (Å²) in [6.45, 7) is 7.56. The van der Waals surface area contributed by atoms with Gasteiger partial charge in [-0.2, -0.15) is 0 Å². The molecule has 1 saturated heterocycles. The second-order valence-corrected chi connectivity index (χ2v) is 7.65. The maximum absolute atomic E-state index is 10.5. The molecule has 2 unspecified atom stereocenters. The van der Waals surface area contributed by atoms with E-state index in [9.17, 15) is 10.2 Å². The molecular formula is C20H33NO2. The largest absolute Gasteiger partial charge is 0.508 e. The number of aromatic hydroxyl groups is 1. The highest BCUT2D eigenvalue weighted by atomic mass is 16.3. The average molecular weight is 319 g/mol. The number of piperidine rings is 1. The normalized spacial score (nSPS) is 22.3. The van der Waals surface area contributed by atoms with Crippen molar-refractivity contribution in [2.75, 3.05) is 6.54 Å². The van der Waals surface area contributed by atoms with Crippen molar-refractivity contribution in [3.05, 3.63) is 29.3 Å². The van der Waals surface area contributed by atoms with Crippen molar-refractivity contribution in [1.29, 1.82) is 0 Å². The zero-order valence-electron chi connectivity index (χ0n) is 14.9. The van der Waals surface area contributed by atoms with Gasteiger partial charge in [-0.15, -0.1) is 0 Å². The molecule has 3 N–H and O–H groups in total. The van der Waals surface area contributed by atoms with Crippen LogP contribution in [0.4, 0.5) is 0 Å². The molecule has 0 saturated carbocycles. The number of phenolic OH excluding ortho intramolecular Hbond substituents is 1. The summed E-state index contributed by atoms with van der Waals surface area (Å²) in [6.07, 6.45) is 7.43. The number of aliphatic hydroxyl groups is 1. The first-order valence-electron chi connectivity index (χ1n) is 9.19. The summed E-state index contributed by atoms with van der Waals surface area (Å²) < 4.78 is 0. The van der Waals surface area contributed by atoms with Crippen molar-refractivity contribution in [3.8, 4) is 5.75 Å². The first-order valence-corrected chi connectivity index (χ1v) is 9.19. The molecule has 0 aromatic heterocycles. The zero-order chi connectivity index (χ0) is 16.9. The molecule has 1 aromatic rings. The number of rotatable bonds is 7. The molecule has 0 aliphatic carbocycles. The lowest BCUT2D eigenvalue weighted by Crippen LogP contribution is -2.34. The van der Waals surface area contributed by atoms with E-state index >= 15 is 0 Å². The van der Waals surface area contributed by atoms with Crippen molar-refractivity contribution in [1.82, 2.24) is 5.32 Å². The summed E-state index contributed by atoms with van der Waals surface area (Å²) in [6, 6.07) is 6.17. The minimum Gasteiger partial charge on any atom is -0.508 e. The van der Waals surface area contributed by atoms with E-state index in [1.54, 1.807) is 0 Å². The predicted octanol–water partition coefficient (Wildman–Crippen LogP) is 4.43. The molecule has 1 aliphatic heterocycles. The third-order valence-electron chi connectivity index (χ3n) is 5.22. The number of benzene rings is 1. The molecule has 1 aromatic carbocycles. The van der Waals surface area contributed by atoms with E-state index in [2.05, 4.69) is 32.2 Å². The molecule has 3 heteroatoms. The van der Waals surface area contributed by atoms with Crippen molar-refractivity contribution >= 4 is 0 Å². The van der Waals surface area contributed by atoms with Gasteiger partial charge in [0.1, 0.15) is 5.75 Å². The predicted molar refractivity (Wildman–Crippen MR) is 95.9 cm³/mol. The Labute approximate surface area is 141 Å². The Morgan fingerprint density at radius 1 is 1.22 bits per heavy atom. The van der Waals surface area contributed by atoms with Gasteiger partial charge in [0.05, 0.1) is 6.10 Å². The maximum Gasteiger partial charge on any atom is 0.120 e. The molecular weight excluding hydrogens is 286 g/mol. The standard InChI is InChI=1S/C20H33NO2/c1-4-5-6-7-11-20(2,3)15-8-9-17(19(23)13-15)18-14-16(22)10-12-21-18/h8-9,13,16,18,21-23H,4-7,10-12,14H2,1-3H3. The van der Waals surface area contributed by atoms with Crippen molar-refractivity contribution in [2.24, 2.45) is 0 Å². The van der Waals surface area contributed by atoms with Crippen LogP contribution >= 0.6 is 0 Å². The minimum atomic E-state index is -0.268. The molecule has 1 aliphatic rings. The molecule has 0 bridgehead atoms. The molecule has 0 spiro atoms. The lowest BCUT2D eigenvalue weighted by atomic mass is 9.79. The van der Waals surface area contributed by atoms with E-state index in [1.165, 1.54) is 31.2 Å². The highest BCUT2D eigenvalue weighted by Gasteiger charge is 2.25. The van der Waals surface area contributed by atoms with E-state index < -0.39 is 0 Å². The van der Waals surface area contributed by atoms with Crippen LogP contribution in [0, 0.1) is 0 Å². The van der Waals surface area contributed by atoms with Crippen LogP contribution in [0.15, 0.2) is 18.2 Å². The Bertz CT molecular complexity index is 498. The van der Waals surface area contributed by atoms with Gasteiger partial charge in [-0.05, 0) is 42.9 Å². The van der Waals surface area contributed by atoms with Crippen molar-refractivity contribution in [2.45, 2.75) is 83.3 Å². The van der Waals surface area contributed by atoms with E-state index in [0.29, 0.717) is 12.2 Å². The quantitative estimate of drug-likeness (QED) is 0.652. The Kier molecular flexibility index (Phi) is 6.49. The Morgan fingerprint density at radius 2 is 2.00 bits per heavy atom. The molecule has 130 valence electrons. The molecule has 1 heterocycles. The van der Waals surface area contributed by atoms with Crippen molar-refractivity contribution < 1.29 is 10.2 Å². The van der Waals surface area contributed by atoms with E-state index in [1.807, 2.05) is 12.1 Å². The third kappa shape index (κ3) is 4.95. The summed E-state index contributed by atoms with van der Waals surface area (Å²) in [5.41, 5.74) is 2.20. The smallest absolute Gasteiger partial charge is 0.120 e. The second kappa shape index (κ2) is 8.16. The van der Waals surface area contributed by atoms with Crippen LogP contribution in [-0.2, 0) is 5.41 Å². The van der Waals surface area contributed by atoms with Crippen LogP contribution in [0.5, 0.6) is 5.75 Å². The summed E-state index contributed by atoms with van der Waals surface area (Å²) >= 11 is 0. The Morgan fingerprint density at radius 3 is 2.65 bits per heavy atom. The van der Waals surface area contributed by atoms with Crippen LogP contribution in [0.1, 0.15) is 82.9 Å². The van der Waals surface area contributed by atoms with Gasteiger partial charge < -0.3 is 15.5 Å². The number of hydrogen-bond acceptors (Lipinski definition) is 3. The van der Waals surface area contributed by atoms with Gasteiger partial charge in [0, 0.05) is 11.6 Å². The van der Waals surface area contributed by atoms with Crippen LogP contribution in [-0.4, -0.2) is 22.9 Å². The molecule has 1 fully saturated rings. The molecule has 2 atom stereocenters. The average Bonchev–Trinajstić information content (AvgIpc) is 2.51. The Balaban J connectivity index is 2.05. The van der Waals surface area contributed by atoms with Gasteiger partial charge in [-0.1, -0.05) is 58.6 Å². The van der Waals surface area contributed by atoms with Crippen LogP contribution in [0.25, 0.3) is 0 Å². The van der Waals surface area contributed by atoms with E-state index in [-0.39, 0.29) is 17.6 Å². The van der Waals surface area contributed by atoms with Gasteiger partial charge in [0.2, 0.25) is 0 Å². The SMILES string of the molecule is CCCCCCC(C)(C)c1ccc(C2CC(O)CCN2)c(O)c1. The van der Waals surface area contributed by atoms with Gasteiger partial charge in [-0.25, -0.2) is 0 Å². The number of nitrogens with one attached hydrogen (secondary N) is 1. The molecule has 0 radical (unpaired) electrons. The van der Waals surface area contributed by atoms with Crippen molar-refractivity contribution in [3.63, 3.8) is 0 Å². The fourth-order valence-corrected chi connectivity index (χ4v) is 3.53. The lowest BCUT2D eigenvalue weighted by Gasteiger charge is -2.30. The highest BCUT2D eigenvalue weighted by molar-refractivity contribution is 5.41. The zero-order valence-corrected chi connectivity index (χ0v) is 14.9. The van der Waals surface area contributed by atoms with Crippen LogP contribution in [0.3, 0.4) is 0 Å². The summed E-state index contributed by atoms with van der Waals surface area (Å²) in [7, 11) is 0. The number of hydrogen-bond donors (Lipinski definition) is 3. The Hall–Kier alpha value is -1.06. The number of phenols is 1. The topological polar surface area (TPSA) is 52.5 Å². The van der Waals surface area contributed by atoms with Crippen LogP contribution < -0.4 is 5.32 Å². The summed E-state index contributed by atoms with van der Waals surface area (Å²) in [4.78, 5) is 0. The van der Waals surface area contributed by atoms with Gasteiger partial charge in [-0.3, -0.25) is 0 Å². The van der Waals surface area contributed by atoms with Gasteiger partial charge in [0.15, 0.2) is 0 Å². The summed E-state index contributed by atoms with van der Waals surface area (Å²) in [5, 5.41) is 23.7. The summed E-state index contributed by atoms with van der Waals surface area (Å²) in [5.74, 6) is 0.357. The fraction of sp³-hybridized carbons (Fsp3) is 0.700. The maximum atomic E-state index is 10.5. The van der Waals surface area contributed by atoms with Gasteiger partial charge in [0.25, 0.3) is 0 Å². The first-order chi connectivity index (χ1) is 10.9. The lowest BCUT2D eigenvalue weighted by molar-refractivity contribution is 0.116. The highest BCUT2D eigenvalue weighted by Crippen LogP contribution is 2.36. The third-order valence-corrected chi connectivity index (χ3v) is 5.22. The van der Waals surface area contributed by atoms with E-state index in [0.717, 1.165) is 24.9 Å². The first kappa shape index (κ1) is 18.3. The molecule has 23 heavy (non-hydrogen) atoms. The monoisotopic (exact) mass is 319 g/mol. The molecule has 0 amide bonds. The number of aliphatic hydroxyl groups excluding tert-OH is 1. The fourth-order valence-electron chi connectivity index (χ4n) is 3.53. The minimum absolute atomic E-state index is 0.0560.